The summed E-state index contributed by atoms with van der Waals surface area (Å²) in [4.78, 5) is 0. The smallest absolute Gasteiger partial charge is 0.0628 e. The summed E-state index contributed by atoms with van der Waals surface area (Å²) in [5.74, 6) is 0.452. The van der Waals surface area contributed by atoms with Crippen LogP contribution in [0.3, 0.4) is 0 Å². The van der Waals surface area contributed by atoms with E-state index in [4.69, 9.17) is 0 Å². The number of hydrogen-bond acceptors (Lipinski definition) is 2. The average Bonchev–Trinajstić information content (AvgIpc) is 2.66. The first-order chi connectivity index (χ1) is 8.20. The van der Waals surface area contributed by atoms with E-state index in [2.05, 4.69) is 57.5 Å². The molecule has 1 aromatic rings. The molecule has 1 aliphatic carbocycles. The highest BCUT2D eigenvalue weighted by Crippen LogP contribution is 2.55. The molecule has 1 fully saturated rings. The molecule has 3 unspecified atom stereocenters. The van der Waals surface area contributed by atoms with Crippen molar-refractivity contribution < 1.29 is 5.11 Å². The lowest BCUT2D eigenvalue weighted by Gasteiger charge is -2.51. The van der Waals surface area contributed by atoms with Crippen LogP contribution in [0.15, 0.2) is 6.20 Å². The van der Waals surface area contributed by atoms with Gasteiger partial charge in [-0.3, -0.25) is 4.68 Å². The normalized spacial score (nSPS) is 32.4. The Hall–Kier alpha value is -0.830. The second kappa shape index (κ2) is 4.09. The van der Waals surface area contributed by atoms with Crippen LogP contribution in [0.4, 0.5) is 0 Å². The molecule has 0 amide bonds. The Morgan fingerprint density at radius 1 is 1.50 bits per heavy atom. The van der Waals surface area contributed by atoms with E-state index in [1.54, 1.807) is 0 Å². The van der Waals surface area contributed by atoms with Crippen LogP contribution in [0.5, 0.6) is 0 Å². The molecule has 18 heavy (non-hydrogen) atoms. The fourth-order valence-electron chi connectivity index (χ4n) is 2.96. The van der Waals surface area contributed by atoms with Crippen molar-refractivity contribution in [2.24, 2.45) is 5.41 Å². The first kappa shape index (κ1) is 13.6. The molecule has 0 aliphatic heterocycles. The number of aryl methyl sites for hydroxylation is 1. The lowest BCUT2D eigenvalue weighted by Crippen LogP contribution is -2.49. The van der Waals surface area contributed by atoms with Gasteiger partial charge in [-0.1, -0.05) is 13.8 Å². The number of rotatable bonds is 2. The highest BCUT2D eigenvalue weighted by molar-refractivity contribution is 5.28. The Bertz CT molecular complexity index is 444. The van der Waals surface area contributed by atoms with Crippen LogP contribution in [0, 0.1) is 12.3 Å². The van der Waals surface area contributed by atoms with E-state index in [0.29, 0.717) is 5.92 Å². The first-order valence-corrected chi connectivity index (χ1v) is 6.95. The molecule has 0 aromatic carbocycles. The van der Waals surface area contributed by atoms with E-state index >= 15 is 0 Å². The van der Waals surface area contributed by atoms with Gasteiger partial charge >= 0.3 is 0 Å². The zero-order valence-corrected chi connectivity index (χ0v) is 12.5. The number of aliphatic hydroxyl groups excluding tert-OH is 1. The summed E-state index contributed by atoms with van der Waals surface area (Å²) in [6, 6.07) is 0. The van der Waals surface area contributed by atoms with Crippen molar-refractivity contribution in [2.45, 2.75) is 71.9 Å². The van der Waals surface area contributed by atoms with Gasteiger partial charge in [-0.15, -0.1) is 0 Å². The van der Waals surface area contributed by atoms with Gasteiger partial charge in [0.15, 0.2) is 0 Å². The average molecular weight is 250 g/mol. The third-order valence-corrected chi connectivity index (χ3v) is 4.78. The van der Waals surface area contributed by atoms with Crippen LogP contribution in [-0.4, -0.2) is 21.0 Å². The Balaban J connectivity index is 2.33. The van der Waals surface area contributed by atoms with E-state index in [1.807, 2.05) is 0 Å². The van der Waals surface area contributed by atoms with Gasteiger partial charge in [-0.05, 0) is 52.0 Å². The number of aliphatic hydroxyl groups is 1. The molecule has 1 heterocycles. The van der Waals surface area contributed by atoms with Crippen LogP contribution in [-0.2, 0) is 5.54 Å². The Morgan fingerprint density at radius 2 is 2.11 bits per heavy atom. The molecule has 1 aliphatic rings. The molecular weight excluding hydrogens is 224 g/mol. The predicted octanol–water partition coefficient (Wildman–Crippen LogP) is 3.21. The molecule has 1 N–H and O–H groups in total. The number of nitrogens with zero attached hydrogens (tertiary/aromatic N) is 2. The highest BCUT2D eigenvalue weighted by Gasteiger charge is 2.51. The molecule has 0 bridgehead atoms. The largest absolute Gasteiger partial charge is 0.393 e. The van der Waals surface area contributed by atoms with Crippen LogP contribution < -0.4 is 0 Å². The maximum absolute atomic E-state index is 10.0. The van der Waals surface area contributed by atoms with E-state index in [1.165, 1.54) is 5.56 Å². The topological polar surface area (TPSA) is 38.0 Å². The monoisotopic (exact) mass is 250 g/mol. The first-order valence-electron chi connectivity index (χ1n) is 6.95. The van der Waals surface area contributed by atoms with Gasteiger partial charge in [0, 0.05) is 11.6 Å². The summed E-state index contributed by atoms with van der Waals surface area (Å²) < 4.78 is 2.05. The quantitative estimate of drug-likeness (QED) is 0.875. The van der Waals surface area contributed by atoms with Crippen molar-refractivity contribution in [3.63, 3.8) is 0 Å². The maximum atomic E-state index is 10.0. The highest BCUT2D eigenvalue weighted by atomic mass is 16.3. The minimum absolute atomic E-state index is 0.0218. The summed E-state index contributed by atoms with van der Waals surface area (Å²) in [6.45, 7) is 12.9. The van der Waals surface area contributed by atoms with Gasteiger partial charge in [0.05, 0.1) is 17.3 Å². The Labute approximate surface area is 110 Å². The van der Waals surface area contributed by atoms with Crippen molar-refractivity contribution in [3.05, 3.63) is 17.5 Å². The van der Waals surface area contributed by atoms with E-state index in [9.17, 15) is 5.11 Å². The molecule has 1 aromatic heterocycles. The van der Waals surface area contributed by atoms with Crippen molar-refractivity contribution in [1.29, 1.82) is 0 Å². The SMILES string of the molecule is CCC1(C)C(O)CC1c1cn(C(C)(C)C)nc1C. The van der Waals surface area contributed by atoms with Crippen molar-refractivity contribution in [1.82, 2.24) is 9.78 Å². The summed E-state index contributed by atoms with van der Waals surface area (Å²) in [6.07, 6.45) is 3.91. The minimum Gasteiger partial charge on any atom is -0.393 e. The second-order valence-electron chi connectivity index (χ2n) is 6.95. The third-order valence-electron chi connectivity index (χ3n) is 4.78. The zero-order valence-electron chi connectivity index (χ0n) is 12.5. The minimum atomic E-state index is -0.162. The standard InChI is InChI=1S/C15H26N2O/c1-7-15(6)12(8-13(15)18)11-9-17(14(3,4)5)16-10(11)2/h9,12-13,18H,7-8H2,1-6H3. The third kappa shape index (κ3) is 1.89. The fourth-order valence-corrected chi connectivity index (χ4v) is 2.96. The zero-order chi connectivity index (χ0) is 13.7. The van der Waals surface area contributed by atoms with Crippen molar-refractivity contribution in [3.8, 4) is 0 Å². The Kier molecular flexibility index (Phi) is 3.09. The van der Waals surface area contributed by atoms with E-state index in [0.717, 1.165) is 18.5 Å². The van der Waals surface area contributed by atoms with Gasteiger partial charge < -0.3 is 5.11 Å². The van der Waals surface area contributed by atoms with Crippen molar-refractivity contribution >= 4 is 0 Å². The Morgan fingerprint density at radius 3 is 2.50 bits per heavy atom. The molecular formula is C15H26N2O. The van der Waals surface area contributed by atoms with Gasteiger partial charge in [0.2, 0.25) is 0 Å². The fraction of sp³-hybridized carbons (Fsp3) is 0.800. The molecule has 0 saturated heterocycles. The predicted molar refractivity (Wildman–Crippen MR) is 73.7 cm³/mol. The molecule has 3 atom stereocenters. The number of hydrogen-bond donors (Lipinski definition) is 1. The van der Waals surface area contributed by atoms with Crippen molar-refractivity contribution in [2.75, 3.05) is 0 Å². The molecule has 0 spiro atoms. The molecule has 2 rings (SSSR count). The van der Waals surface area contributed by atoms with Gasteiger partial charge in [-0.2, -0.15) is 5.10 Å². The molecule has 1 saturated carbocycles. The van der Waals surface area contributed by atoms with E-state index in [-0.39, 0.29) is 17.1 Å². The summed E-state index contributed by atoms with van der Waals surface area (Å²) in [5, 5.41) is 14.7. The summed E-state index contributed by atoms with van der Waals surface area (Å²) in [5.41, 5.74) is 2.48. The summed E-state index contributed by atoms with van der Waals surface area (Å²) >= 11 is 0. The lowest BCUT2D eigenvalue weighted by atomic mass is 9.55. The molecule has 0 radical (unpaired) electrons. The van der Waals surface area contributed by atoms with Gasteiger partial charge in [-0.25, -0.2) is 0 Å². The molecule has 3 heteroatoms. The van der Waals surface area contributed by atoms with Gasteiger partial charge in [0.1, 0.15) is 0 Å². The molecule has 3 nitrogen and oxygen atoms in total. The van der Waals surface area contributed by atoms with E-state index < -0.39 is 0 Å². The number of aromatic nitrogens is 2. The maximum Gasteiger partial charge on any atom is 0.0628 e. The summed E-state index contributed by atoms with van der Waals surface area (Å²) in [7, 11) is 0. The van der Waals surface area contributed by atoms with Gasteiger partial charge in [0.25, 0.3) is 0 Å². The lowest BCUT2D eigenvalue weighted by molar-refractivity contribution is -0.0779. The van der Waals surface area contributed by atoms with Crippen LogP contribution in [0.25, 0.3) is 0 Å². The molecule has 102 valence electrons. The van der Waals surface area contributed by atoms with Crippen LogP contribution >= 0.6 is 0 Å². The second-order valence-corrected chi connectivity index (χ2v) is 6.95. The van der Waals surface area contributed by atoms with Crippen LogP contribution in [0.1, 0.15) is 64.6 Å². The van der Waals surface area contributed by atoms with Crippen LogP contribution in [0.2, 0.25) is 0 Å².